The molecule has 1 N–H and O–H groups in total. The number of nitrogens with zero attached hydrogens (tertiary/aromatic N) is 3. The van der Waals surface area contributed by atoms with Crippen LogP contribution in [0, 0.1) is 6.92 Å². The minimum atomic E-state index is -0.0553. The van der Waals surface area contributed by atoms with Crippen molar-refractivity contribution in [2.45, 2.75) is 13.0 Å². The van der Waals surface area contributed by atoms with Crippen LogP contribution in [0.15, 0.2) is 48.8 Å². The summed E-state index contributed by atoms with van der Waals surface area (Å²) in [6.45, 7) is 5.73. The molecule has 0 bridgehead atoms. The minimum absolute atomic E-state index is 0.0553. The SMILES string of the molecule is Cc1cccc2cc(C(=O)NC[C@H](c3cccnc3)N3CCOCC3)n(C)c12. The third kappa shape index (κ3) is 3.66. The molecule has 1 fully saturated rings. The molecule has 1 aliphatic heterocycles. The summed E-state index contributed by atoms with van der Waals surface area (Å²) in [6.07, 6.45) is 3.66. The quantitative estimate of drug-likeness (QED) is 0.742. The summed E-state index contributed by atoms with van der Waals surface area (Å²) in [7, 11) is 1.95. The molecule has 0 unspecified atom stereocenters. The Bertz CT molecular complexity index is 961. The summed E-state index contributed by atoms with van der Waals surface area (Å²) in [4.78, 5) is 19.6. The fourth-order valence-electron chi connectivity index (χ4n) is 4.04. The molecule has 3 aromatic rings. The van der Waals surface area contributed by atoms with E-state index in [9.17, 15) is 4.79 Å². The number of benzene rings is 1. The first-order valence-electron chi connectivity index (χ1n) is 9.70. The van der Waals surface area contributed by atoms with Gasteiger partial charge in [-0.1, -0.05) is 24.3 Å². The Kier molecular flexibility index (Phi) is 5.41. The molecule has 1 saturated heterocycles. The first-order valence-corrected chi connectivity index (χ1v) is 9.70. The monoisotopic (exact) mass is 378 g/mol. The van der Waals surface area contributed by atoms with Gasteiger partial charge in [0, 0.05) is 44.5 Å². The second-order valence-electron chi connectivity index (χ2n) is 7.26. The number of nitrogens with one attached hydrogen (secondary N) is 1. The van der Waals surface area contributed by atoms with Crippen LogP contribution in [-0.4, -0.2) is 53.2 Å². The van der Waals surface area contributed by atoms with E-state index < -0.39 is 0 Å². The van der Waals surface area contributed by atoms with Crippen LogP contribution in [0.4, 0.5) is 0 Å². The summed E-state index contributed by atoms with van der Waals surface area (Å²) >= 11 is 0. The van der Waals surface area contributed by atoms with Crippen molar-refractivity contribution in [3.8, 4) is 0 Å². The Morgan fingerprint density at radius 2 is 2.07 bits per heavy atom. The Balaban J connectivity index is 1.54. The average molecular weight is 378 g/mol. The molecule has 0 aliphatic carbocycles. The smallest absolute Gasteiger partial charge is 0.267 e. The van der Waals surface area contributed by atoms with E-state index in [1.807, 2.05) is 42.1 Å². The van der Waals surface area contributed by atoms with Crippen molar-refractivity contribution < 1.29 is 9.53 Å². The van der Waals surface area contributed by atoms with Gasteiger partial charge >= 0.3 is 0 Å². The van der Waals surface area contributed by atoms with Crippen LogP contribution in [0.5, 0.6) is 0 Å². The first kappa shape index (κ1) is 18.7. The molecule has 6 nitrogen and oxygen atoms in total. The van der Waals surface area contributed by atoms with Gasteiger partial charge in [-0.2, -0.15) is 0 Å². The number of ether oxygens (including phenoxy) is 1. The standard InChI is InChI=1S/C22H26N4O2/c1-16-5-3-6-17-13-19(25(2)21(16)17)22(27)24-15-20(18-7-4-8-23-14-18)26-9-11-28-12-10-26/h3-8,13-14,20H,9-12,15H2,1-2H3,(H,24,27)/t20-/m1/s1. The van der Waals surface area contributed by atoms with Gasteiger partial charge in [-0.05, 0) is 30.2 Å². The Labute approximate surface area is 165 Å². The molecule has 1 aromatic carbocycles. The highest BCUT2D eigenvalue weighted by Gasteiger charge is 2.24. The van der Waals surface area contributed by atoms with E-state index >= 15 is 0 Å². The zero-order valence-electron chi connectivity index (χ0n) is 16.4. The van der Waals surface area contributed by atoms with E-state index in [1.165, 1.54) is 5.56 Å². The molecule has 0 radical (unpaired) electrons. The van der Waals surface area contributed by atoms with E-state index in [4.69, 9.17) is 4.74 Å². The highest BCUT2D eigenvalue weighted by Crippen LogP contribution is 2.23. The molecule has 1 aliphatic rings. The lowest BCUT2D eigenvalue weighted by Gasteiger charge is -2.34. The number of aromatic nitrogens is 2. The van der Waals surface area contributed by atoms with E-state index in [0.29, 0.717) is 25.5 Å². The summed E-state index contributed by atoms with van der Waals surface area (Å²) in [5.74, 6) is -0.0553. The molecule has 0 spiro atoms. The maximum atomic E-state index is 13.0. The number of pyridine rings is 1. The van der Waals surface area contributed by atoms with Crippen molar-refractivity contribution in [3.63, 3.8) is 0 Å². The average Bonchev–Trinajstić information content (AvgIpc) is 3.07. The van der Waals surface area contributed by atoms with Crippen molar-refractivity contribution in [1.29, 1.82) is 0 Å². The van der Waals surface area contributed by atoms with Gasteiger partial charge in [-0.25, -0.2) is 0 Å². The van der Waals surface area contributed by atoms with Crippen LogP contribution >= 0.6 is 0 Å². The molecular weight excluding hydrogens is 352 g/mol. The molecule has 146 valence electrons. The summed E-state index contributed by atoms with van der Waals surface area (Å²) in [5, 5.41) is 4.23. The number of aryl methyl sites for hydroxylation is 2. The van der Waals surface area contributed by atoms with E-state index in [-0.39, 0.29) is 11.9 Å². The minimum Gasteiger partial charge on any atom is -0.379 e. The zero-order chi connectivity index (χ0) is 19.5. The molecule has 28 heavy (non-hydrogen) atoms. The van der Waals surface area contributed by atoms with Crippen LogP contribution in [0.3, 0.4) is 0 Å². The van der Waals surface area contributed by atoms with Crippen LogP contribution in [0.25, 0.3) is 10.9 Å². The number of carbonyl (C=O) groups is 1. The van der Waals surface area contributed by atoms with Gasteiger partial charge in [0.05, 0.1) is 24.8 Å². The lowest BCUT2D eigenvalue weighted by atomic mass is 10.1. The maximum absolute atomic E-state index is 13.0. The predicted molar refractivity (Wildman–Crippen MR) is 109 cm³/mol. The van der Waals surface area contributed by atoms with Crippen LogP contribution < -0.4 is 5.32 Å². The number of para-hydroxylation sites is 1. The van der Waals surface area contributed by atoms with Crippen LogP contribution in [0.1, 0.15) is 27.7 Å². The van der Waals surface area contributed by atoms with Crippen LogP contribution in [0.2, 0.25) is 0 Å². The van der Waals surface area contributed by atoms with Crippen molar-refractivity contribution in [2.75, 3.05) is 32.8 Å². The largest absolute Gasteiger partial charge is 0.379 e. The molecule has 4 rings (SSSR count). The Hall–Kier alpha value is -2.70. The number of amides is 1. The van der Waals surface area contributed by atoms with E-state index in [2.05, 4.69) is 34.3 Å². The lowest BCUT2D eigenvalue weighted by molar-refractivity contribution is 0.0161. The van der Waals surface area contributed by atoms with Crippen molar-refractivity contribution >= 4 is 16.8 Å². The second-order valence-corrected chi connectivity index (χ2v) is 7.26. The topological polar surface area (TPSA) is 59.4 Å². The predicted octanol–water partition coefficient (Wildman–Crippen LogP) is 2.69. The lowest BCUT2D eigenvalue weighted by Crippen LogP contribution is -2.44. The van der Waals surface area contributed by atoms with Crippen molar-refractivity contribution in [3.05, 3.63) is 65.6 Å². The molecule has 0 saturated carbocycles. The van der Waals surface area contributed by atoms with Gasteiger partial charge in [0.1, 0.15) is 5.69 Å². The highest BCUT2D eigenvalue weighted by molar-refractivity contribution is 5.99. The molecular formula is C22H26N4O2. The third-order valence-electron chi connectivity index (χ3n) is 5.50. The number of hydrogen-bond donors (Lipinski definition) is 1. The fraction of sp³-hybridized carbons (Fsp3) is 0.364. The van der Waals surface area contributed by atoms with Gasteiger partial charge in [-0.15, -0.1) is 0 Å². The molecule has 1 atom stereocenters. The molecule has 1 amide bonds. The zero-order valence-corrected chi connectivity index (χ0v) is 16.4. The van der Waals surface area contributed by atoms with Crippen LogP contribution in [-0.2, 0) is 11.8 Å². The number of hydrogen-bond acceptors (Lipinski definition) is 4. The van der Waals surface area contributed by atoms with Crippen molar-refractivity contribution in [2.24, 2.45) is 7.05 Å². The molecule has 3 heterocycles. The summed E-state index contributed by atoms with van der Waals surface area (Å²) < 4.78 is 7.47. The molecule has 6 heteroatoms. The fourth-order valence-corrected chi connectivity index (χ4v) is 4.04. The van der Waals surface area contributed by atoms with E-state index in [1.54, 1.807) is 6.20 Å². The van der Waals surface area contributed by atoms with Crippen molar-refractivity contribution in [1.82, 2.24) is 19.8 Å². The number of fused-ring (bicyclic) bond motifs is 1. The van der Waals surface area contributed by atoms with E-state index in [0.717, 1.165) is 29.6 Å². The van der Waals surface area contributed by atoms with Gasteiger partial charge in [-0.3, -0.25) is 14.7 Å². The second kappa shape index (κ2) is 8.12. The summed E-state index contributed by atoms with van der Waals surface area (Å²) in [5.41, 5.74) is 4.05. The number of carbonyl (C=O) groups excluding carboxylic acids is 1. The van der Waals surface area contributed by atoms with Gasteiger partial charge < -0.3 is 14.6 Å². The van der Waals surface area contributed by atoms with Gasteiger partial charge in [0.25, 0.3) is 5.91 Å². The Morgan fingerprint density at radius 3 is 2.79 bits per heavy atom. The maximum Gasteiger partial charge on any atom is 0.267 e. The number of morpholine rings is 1. The highest BCUT2D eigenvalue weighted by atomic mass is 16.5. The normalized spacial score (nSPS) is 16.2. The van der Waals surface area contributed by atoms with Gasteiger partial charge in [0.15, 0.2) is 0 Å². The van der Waals surface area contributed by atoms with Gasteiger partial charge in [0.2, 0.25) is 0 Å². The third-order valence-corrected chi connectivity index (χ3v) is 5.50. The first-order chi connectivity index (χ1) is 13.6. The Morgan fingerprint density at radius 1 is 1.25 bits per heavy atom. The summed E-state index contributed by atoms with van der Waals surface area (Å²) in [6, 6.07) is 12.2. The number of rotatable bonds is 5. The molecule has 2 aromatic heterocycles.